The standard InChI is InChI=1S/C21H22Cl2N2O6/c1-5-9-29-20(28)25-14(10-16(26)31-21(2,3)4)18(27)19-24-11-15(30-19)17-12(22)7-6-8-13(17)23/h5-8,11,14H,1,9-10H2,2-4H3,(H,25,28)/t14-/m0/s1. The number of Topliss-reactive ketones (excluding diaryl/α,β-unsaturated/α-hetero) is 1. The van der Waals surface area contributed by atoms with Crippen LogP contribution in [0.25, 0.3) is 11.3 Å². The lowest BCUT2D eigenvalue weighted by molar-refractivity contribution is -0.155. The lowest BCUT2D eigenvalue weighted by atomic mass is 10.1. The predicted octanol–water partition coefficient (Wildman–Crippen LogP) is 4.84. The van der Waals surface area contributed by atoms with Gasteiger partial charge in [-0.25, -0.2) is 9.78 Å². The molecule has 0 aliphatic rings. The van der Waals surface area contributed by atoms with Crippen molar-refractivity contribution >= 4 is 41.0 Å². The van der Waals surface area contributed by atoms with Gasteiger partial charge in [0.2, 0.25) is 5.78 Å². The Morgan fingerprint density at radius 1 is 1.26 bits per heavy atom. The van der Waals surface area contributed by atoms with Gasteiger partial charge in [-0.15, -0.1) is 0 Å². The number of hydrogen-bond donors (Lipinski definition) is 1. The minimum Gasteiger partial charge on any atom is -0.460 e. The quantitative estimate of drug-likeness (QED) is 0.335. The van der Waals surface area contributed by atoms with Crippen LogP contribution in [0.4, 0.5) is 4.79 Å². The Kier molecular flexibility index (Phi) is 8.24. The number of hydrogen-bond acceptors (Lipinski definition) is 7. The van der Waals surface area contributed by atoms with Gasteiger partial charge in [0.25, 0.3) is 5.89 Å². The van der Waals surface area contributed by atoms with Gasteiger partial charge in [0.1, 0.15) is 18.2 Å². The first-order valence-corrected chi connectivity index (χ1v) is 9.98. The zero-order valence-corrected chi connectivity index (χ0v) is 18.7. The van der Waals surface area contributed by atoms with Crippen molar-refractivity contribution in [2.75, 3.05) is 6.61 Å². The molecule has 0 radical (unpaired) electrons. The Morgan fingerprint density at radius 3 is 2.48 bits per heavy atom. The van der Waals surface area contributed by atoms with E-state index < -0.39 is 35.9 Å². The van der Waals surface area contributed by atoms with E-state index in [-0.39, 0.29) is 18.3 Å². The normalized spacial score (nSPS) is 12.0. The predicted molar refractivity (Wildman–Crippen MR) is 115 cm³/mol. The maximum atomic E-state index is 12.9. The van der Waals surface area contributed by atoms with Gasteiger partial charge in [-0.2, -0.15) is 0 Å². The molecule has 8 nitrogen and oxygen atoms in total. The molecule has 0 aliphatic carbocycles. The van der Waals surface area contributed by atoms with E-state index in [4.69, 9.17) is 37.1 Å². The van der Waals surface area contributed by atoms with Crippen molar-refractivity contribution in [2.24, 2.45) is 0 Å². The van der Waals surface area contributed by atoms with Crippen molar-refractivity contribution in [3.8, 4) is 11.3 Å². The number of amides is 1. The van der Waals surface area contributed by atoms with Crippen LogP contribution in [-0.4, -0.2) is 41.1 Å². The maximum Gasteiger partial charge on any atom is 0.408 e. The van der Waals surface area contributed by atoms with Gasteiger partial charge in [-0.05, 0) is 32.9 Å². The van der Waals surface area contributed by atoms with E-state index in [1.807, 2.05) is 0 Å². The van der Waals surface area contributed by atoms with Crippen LogP contribution < -0.4 is 5.32 Å². The van der Waals surface area contributed by atoms with Gasteiger partial charge >= 0.3 is 12.1 Å². The van der Waals surface area contributed by atoms with E-state index in [1.165, 1.54) is 12.3 Å². The minimum atomic E-state index is -1.33. The number of ether oxygens (including phenoxy) is 2. The third-order valence-electron chi connectivity index (χ3n) is 3.66. The molecule has 1 heterocycles. The Morgan fingerprint density at radius 2 is 1.90 bits per heavy atom. The molecule has 166 valence electrons. The second-order valence-corrected chi connectivity index (χ2v) is 8.18. The summed E-state index contributed by atoms with van der Waals surface area (Å²) in [6.45, 7) is 8.41. The lowest BCUT2D eigenvalue weighted by Gasteiger charge is -2.21. The summed E-state index contributed by atoms with van der Waals surface area (Å²) in [4.78, 5) is 41.1. The fourth-order valence-corrected chi connectivity index (χ4v) is 3.05. The number of carbonyl (C=O) groups excluding carboxylic acids is 3. The molecule has 0 bridgehead atoms. The number of esters is 1. The lowest BCUT2D eigenvalue weighted by Crippen LogP contribution is -2.43. The highest BCUT2D eigenvalue weighted by Gasteiger charge is 2.31. The Hall–Kier alpha value is -2.84. The summed E-state index contributed by atoms with van der Waals surface area (Å²) in [6, 6.07) is 3.54. The first kappa shape index (κ1) is 24.4. The van der Waals surface area contributed by atoms with Crippen LogP contribution in [0.3, 0.4) is 0 Å². The molecule has 0 saturated heterocycles. The SMILES string of the molecule is C=CCOC(=O)N[C@@H](CC(=O)OC(C)(C)C)C(=O)c1ncc(-c2c(Cl)cccc2Cl)o1. The van der Waals surface area contributed by atoms with E-state index in [1.54, 1.807) is 39.0 Å². The number of halogens is 2. The fraction of sp³-hybridized carbons (Fsp3) is 0.333. The third-order valence-corrected chi connectivity index (χ3v) is 4.29. The van der Waals surface area contributed by atoms with Gasteiger partial charge in [-0.3, -0.25) is 9.59 Å². The number of alkyl carbamates (subject to hydrolysis) is 1. The average molecular weight is 469 g/mol. The first-order valence-electron chi connectivity index (χ1n) is 9.22. The van der Waals surface area contributed by atoms with Crippen LogP contribution in [0.15, 0.2) is 41.5 Å². The van der Waals surface area contributed by atoms with E-state index in [2.05, 4.69) is 16.9 Å². The largest absolute Gasteiger partial charge is 0.460 e. The molecule has 10 heteroatoms. The molecule has 0 fully saturated rings. The summed E-state index contributed by atoms with van der Waals surface area (Å²) < 4.78 is 15.6. The molecule has 31 heavy (non-hydrogen) atoms. The van der Waals surface area contributed by atoms with E-state index in [0.717, 1.165) is 0 Å². The topological polar surface area (TPSA) is 108 Å². The third kappa shape index (κ3) is 7.11. The minimum absolute atomic E-state index is 0.0761. The van der Waals surface area contributed by atoms with Crippen LogP contribution in [0.1, 0.15) is 37.9 Å². The maximum absolute atomic E-state index is 12.9. The molecule has 0 unspecified atom stereocenters. The van der Waals surface area contributed by atoms with Crippen LogP contribution in [-0.2, 0) is 14.3 Å². The zero-order chi connectivity index (χ0) is 23.2. The highest BCUT2D eigenvalue weighted by atomic mass is 35.5. The molecule has 0 aliphatic heterocycles. The zero-order valence-electron chi connectivity index (χ0n) is 17.2. The number of aromatic nitrogens is 1. The number of ketones is 1. The molecule has 0 saturated carbocycles. The van der Waals surface area contributed by atoms with Crippen molar-refractivity contribution in [1.29, 1.82) is 0 Å². The average Bonchev–Trinajstić information content (AvgIpc) is 3.13. The second-order valence-electron chi connectivity index (χ2n) is 7.37. The smallest absolute Gasteiger partial charge is 0.408 e. The van der Waals surface area contributed by atoms with Crippen LogP contribution in [0.2, 0.25) is 10.0 Å². The van der Waals surface area contributed by atoms with Gasteiger partial charge in [0.05, 0.1) is 28.2 Å². The summed E-state index contributed by atoms with van der Waals surface area (Å²) in [5.41, 5.74) is -0.412. The van der Waals surface area contributed by atoms with Crippen LogP contribution in [0.5, 0.6) is 0 Å². The van der Waals surface area contributed by atoms with E-state index in [0.29, 0.717) is 15.6 Å². The molecule has 1 N–H and O–H groups in total. The Bertz CT molecular complexity index is 960. The molecule has 1 aromatic carbocycles. The molecule has 1 amide bonds. The Labute approximate surface area is 189 Å². The monoisotopic (exact) mass is 468 g/mol. The van der Waals surface area contributed by atoms with Crippen molar-refractivity contribution in [1.82, 2.24) is 10.3 Å². The summed E-state index contributed by atoms with van der Waals surface area (Å²) in [7, 11) is 0. The summed E-state index contributed by atoms with van der Waals surface area (Å²) >= 11 is 12.3. The highest BCUT2D eigenvalue weighted by Crippen LogP contribution is 2.35. The Balaban J connectivity index is 2.27. The molecule has 0 spiro atoms. The number of oxazole rings is 1. The fourth-order valence-electron chi connectivity index (χ4n) is 2.46. The molecule has 2 rings (SSSR count). The number of nitrogens with zero attached hydrogens (tertiary/aromatic N) is 1. The summed E-state index contributed by atoms with van der Waals surface area (Å²) in [6.07, 6.45) is 1.27. The van der Waals surface area contributed by atoms with Gasteiger partial charge in [0, 0.05) is 0 Å². The number of carbonyl (C=O) groups is 3. The molecule has 1 atom stereocenters. The molecule has 1 aromatic heterocycles. The van der Waals surface area contributed by atoms with Crippen LogP contribution >= 0.6 is 23.2 Å². The first-order chi connectivity index (χ1) is 14.5. The van der Waals surface area contributed by atoms with Gasteiger partial charge in [0.15, 0.2) is 5.76 Å². The molecular formula is C21H22Cl2N2O6. The van der Waals surface area contributed by atoms with Crippen LogP contribution in [0, 0.1) is 0 Å². The van der Waals surface area contributed by atoms with Crippen molar-refractivity contribution in [3.63, 3.8) is 0 Å². The number of benzene rings is 1. The van der Waals surface area contributed by atoms with Crippen molar-refractivity contribution in [2.45, 2.75) is 38.8 Å². The summed E-state index contributed by atoms with van der Waals surface area (Å²) in [5, 5.41) is 2.94. The van der Waals surface area contributed by atoms with Gasteiger partial charge < -0.3 is 19.2 Å². The number of rotatable bonds is 8. The number of nitrogens with one attached hydrogen (secondary N) is 1. The van der Waals surface area contributed by atoms with Crippen molar-refractivity contribution in [3.05, 3.63) is 53.0 Å². The molecule has 2 aromatic rings. The van der Waals surface area contributed by atoms with Crippen molar-refractivity contribution < 1.29 is 28.3 Å². The van der Waals surface area contributed by atoms with Gasteiger partial charge in [-0.1, -0.05) is 41.9 Å². The highest BCUT2D eigenvalue weighted by molar-refractivity contribution is 6.39. The molecular weight excluding hydrogens is 447 g/mol. The second kappa shape index (κ2) is 10.5. The van der Waals surface area contributed by atoms with E-state index >= 15 is 0 Å². The van der Waals surface area contributed by atoms with E-state index in [9.17, 15) is 14.4 Å². The summed E-state index contributed by atoms with van der Waals surface area (Å²) in [5.74, 6) is -1.64.